The summed E-state index contributed by atoms with van der Waals surface area (Å²) in [6.45, 7) is 1.82. The zero-order valence-electron chi connectivity index (χ0n) is 12.3. The molecule has 0 fully saturated rings. The van der Waals surface area contributed by atoms with Gasteiger partial charge in [0.15, 0.2) is 11.5 Å². The minimum absolute atomic E-state index is 0.226. The van der Waals surface area contributed by atoms with Gasteiger partial charge in [-0.3, -0.25) is 4.79 Å². The molecule has 1 amide bonds. The van der Waals surface area contributed by atoms with Gasteiger partial charge < -0.3 is 20.5 Å². The number of nitrogens with zero attached hydrogens (tertiary/aromatic N) is 1. The lowest BCUT2D eigenvalue weighted by Gasteiger charge is -2.20. The Morgan fingerprint density at radius 2 is 2.22 bits per heavy atom. The van der Waals surface area contributed by atoms with Gasteiger partial charge in [-0.05, 0) is 24.2 Å². The molecule has 122 valence electrons. The highest BCUT2D eigenvalue weighted by molar-refractivity contribution is 7.09. The van der Waals surface area contributed by atoms with Crippen LogP contribution >= 0.6 is 22.9 Å². The maximum Gasteiger partial charge on any atom is 0.271 e. The van der Waals surface area contributed by atoms with E-state index in [0.29, 0.717) is 54.9 Å². The van der Waals surface area contributed by atoms with Crippen molar-refractivity contribution in [3.8, 4) is 11.5 Å². The van der Waals surface area contributed by atoms with Gasteiger partial charge in [-0.15, -0.1) is 11.3 Å². The summed E-state index contributed by atoms with van der Waals surface area (Å²) in [5.74, 6) is 0.932. The van der Waals surface area contributed by atoms with Crippen LogP contribution in [0.4, 0.5) is 0 Å². The number of rotatable bonds is 5. The molecule has 1 aliphatic rings. The first-order valence-corrected chi connectivity index (χ1v) is 8.44. The second-order valence-electron chi connectivity index (χ2n) is 4.95. The summed E-state index contributed by atoms with van der Waals surface area (Å²) in [6, 6.07) is 3.58. The summed E-state index contributed by atoms with van der Waals surface area (Å²) >= 11 is 7.61. The van der Waals surface area contributed by atoms with Crippen LogP contribution in [0.5, 0.6) is 11.5 Å². The van der Waals surface area contributed by atoms with Gasteiger partial charge in [0, 0.05) is 18.3 Å². The highest BCUT2D eigenvalue weighted by atomic mass is 35.5. The van der Waals surface area contributed by atoms with Crippen molar-refractivity contribution in [3.05, 3.63) is 38.8 Å². The van der Waals surface area contributed by atoms with Gasteiger partial charge in [-0.25, -0.2) is 4.98 Å². The van der Waals surface area contributed by atoms with Crippen molar-refractivity contribution in [2.24, 2.45) is 5.73 Å². The summed E-state index contributed by atoms with van der Waals surface area (Å²) in [5.41, 5.74) is 6.72. The fraction of sp³-hybridized carbons (Fsp3) is 0.333. The zero-order valence-corrected chi connectivity index (χ0v) is 13.9. The SMILES string of the molecule is NCCc1nc(C(=O)NCc2cc(Cl)c3c(c2)OCCO3)cs1. The monoisotopic (exact) mass is 353 g/mol. The lowest BCUT2D eigenvalue weighted by molar-refractivity contribution is 0.0946. The molecule has 1 aliphatic heterocycles. The van der Waals surface area contributed by atoms with Crippen molar-refractivity contribution in [1.29, 1.82) is 0 Å². The highest BCUT2D eigenvalue weighted by Gasteiger charge is 2.17. The molecule has 0 unspecified atom stereocenters. The zero-order chi connectivity index (χ0) is 16.2. The van der Waals surface area contributed by atoms with Crippen LogP contribution in [0.3, 0.4) is 0 Å². The van der Waals surface area contributed by atoms with E-state index < -0.39 is 0 Å². The molecule has 0 radical (unpaired) electrons. The third kappa shape index (κ3) is 3.74. The summed E-state index contributed by atoms with van der Waals surface area (Å²) in [7, 11) is 0. The van der Waals surface area contributed by atoms with Crippen molar-refractivity contribution in [1.82, 2.24) is 10.3 Å². The number of ether oxygens (including phenoxy) is 2. The second kappa shape index (κ2) is 7.16. The molecule has 2 heterocycles. The van der Waals surface area contributed by atoms with Crippen LogP contribution in [0.1, 0.15) is 21.1 Å². The summed E-state index contributed by atoms with van der Waals surface area (Å²) in [4.78, 5) is 16.4. The van der Waals surface area contributed by atoms with E-state index >= 15 is 0 Å². The predicted molar refractivity (Wildman–Crippen MR) is 88.5 cm³/mol. The fourth-order valence-corrected chi connectivity index (χ4v) is 3.27. The van der Waals surface area contributed by atoms with E-state index in [1.165, 1.54) is 11.3 Å². The molecule has 0 aliphatic carbocycles. The highest BCUT2D eigenvalue weighted by Crippen LogP contribution is 2.38. The molecule has 0 bridgehead atoms. The number of nitrogens with one attached hydrogen (secondary N) is 1. The number of amides is 1. The van der Waals surface area contributed by atoms with Crippen LogP contribution in [-0.4, -0.2) is 30.6 Å². The third-order valence-electron chi connectivity index (χ3n) is 3.25. The molecule has 0 atom stereocenters. The molecule has 3 rings (SSSR count). The van der Waals surface area contributed by atoms with Gasteiger partial charge in [0.05, 0.1) is 10.0 Å². The Bertz CT molecular complexity index is 720. The van der Waals surface area contributed by atoms with Gasteiger partial charge in [-0.2, -0.15) is 0 Å². The van der Waals surface area contributed by atoms with Gasteiger partial charge >= 0.3 is 0 Å². The molecule has 23 heavy (non-hydrogen) atoms. The topological polar surface area (TPSA) is 86.5 Å². The third-order valence-corrected chi connectivity index (χ3v) is 4.44. The molecule has 2 aromatic rings. The Morgan fingerprint density at radius 1 is 1.39 bits per heavy atom. The van der Waals surface area contributed by atoms with Gasteiger partial charge in [0.1, 0.15) is 18.9 Å². The first-order chi connectivity index (χ1) is 11.2. The summed E-state index contributed by atoms with van der Waals surface area (Å²) < 4.78 is 11.0. The van der Waals surface area contributed by atoms with E-state index in [1.807, 2.05) is 6.07 Å². The van der Waals surface area contributed by atoms with Crippen LogP contribution in [-0.2, 0) is 13.0 Å². The van der Waals surface area contributed by atoms with Crippen LogP contribution in [0.25, 0.3) is 0 Å². The van der Waals surface area contributed by atoms with Gasteiger partial charge in [0.2, 0.25) is 0 Å². The van der Waals surface area contributed by atoms with Crippen LogP contribution in [0.15, 0.2) is 17.5 Å². The summed E-state index contributed by atoms with van der Waals surface area (Å²) in [6.07, 6.45) is 0.676. The van der Waals surface area contributed by atoms with Gasteiger partial charge in [0.25, 0.3) is 5.91 Å². The predicted octanol–water partition coefficient (Wildman–Crippen LogP) is 2.00. The van der Waals surface area contributed by atoms with Crippen LogP contribution in [0, 0.1) is 0 Å². The standard InChI is InChI=1S/C15H16ClN3O3S/c16-10-5-9(6-12-14(10)22-4-3-21-12)7-18-15(20)11-8-23-13(19-11)1-2-17/h5-6,8H,1-4,7,17H2,(H,18,20). The van der Waals surface area contributed by atoms with E-state index in [-0.39, 0.29) is 5.91 Å². The summed E-state index contributed by atoms with van der Waals surface area (Å²) in [5, 5.41) is 5.90. The van der Waals surface area contributed by atoms with E-state index in [2.05, 4.69) is 10.3 Å². The lowest BCUT2D eigenvalue weighted by Crippen LogP contribution is -2.23. The Hall–Kier alpha value is -1.83. The molecule has 0 saturated heterocycles. The number of hydrogen-bond acceptors (Lipinski definition) is 6. The molecular weight excluding hydrogens is 338 g/mol. The fourth-order valence-electron chi connectivity index (χ4n) is 2.19. The number of fused-ring (bicyclic) bond motifs is 1. The maximum absolute atomic E-state index is 12.1. The van der Waals surface area contributed by atoms with Crippen LogP contribution < -0.4 is 20.5 Å². The maximum atomic E-state index is 12.1. The average molecular weight is 354 g/mol. The molecule has 0 saturated carbocycles. The Morgan fingerprint density at radius 3 is 3.04 bits per heavy atom. The minimum Gasteiger partial charge on any atom is -0.486 e. The number of aromatic nitrogens is 1. The normalized spacial score (nSPS) is 13.0. The van der Waals surface area contributed by atoms with Crippen molar-refractivity contribution in [2.75, 3.05) is 19.8 Å². The molecule has 1 aromatic heterocycles. The minimum atomic E-state index is -0.226. The first-order valence-electron chi connectivity index (χ1n) is 7.18. The molecule has 1 aromatic carbocycles. The second-order valence-corrected chi connectivity index (χ2v) is 6.30. The Kier molecular flexibility index (Phi) is 5.00. The Balaban J connectivity index is 1.65. The molecular formula is C15H16ClN3O3S. The van der Waals surface area contributed by atoms with Crippen LogP contribution in [0.2, 0.25) is 5.02 Å². The number of carbonyl (C=O) groups excluding carboxylic acids is 1. The first kappa shape index (κ1) is 16.0. The average Bonchev–Trinajstić information content (AvgIpc) is 3.02. The van der Waals surface area contributed by atoms with E-state index in [9.17, 15) is 4.79 Å². The number of halogens is 1. The number of nitrogens with two attached hydrogens (primary N) is 1. The molecule has 6 nitrogen and oxygen atoms in total. The number of benzene rings is 1. The number of carbonyl (C=O) groups is 1. The van der Waals surface area contributed by atoms with Crippen molar-refractivity contribution >= 4 is 28.8 Å². The lowest BCUT2D eigenvalue weighted by atomic mass is 10.2. The van der Waals surface area contributed by atoms with Crippen molar-refractivity contribution in [2.45, 2.75) is 13.0 Å². The van der Waals surface area contributed by atoms with Crippen molar-refractivity contribution in [3.63, 3.8) is 0 Å². The van der Waals surface area contributed by atoms with Gasteiger partial charge in [-0.1, -0.05) is 11.6 Å². The molecule has 0 spiro atoms. The number of hydrogen-bond donors (Lipinski definition) is 2. The Labute approximate surface area is 142 Å². The largest absolute Gasteiger partial charge is 0.486 e. The van der Waals surface area contributed by atoms with E-state index in [4.69, 9.17) is 26.8 Å². The van der Waals surface area contributed by atoms with Crippen molar-refractivity contribution < 1.29 is 14.3 Å². The molecule has 3 N–H and O–H groups in total. The smallest absolute Gasteiger partial charge is 0.271 e. The molecule has 8 heteroatoms. The van der Waals surface area contributed by atoms with E-state index in [0.717, 1.165) is 10.6 Å². The van der Waals surface area contributed by atoms with E-state index in [1.54, 1.807) is 11.4 Å². The number of thiazole rings is 1. The quantitative estimate of drug-likeness (QED) is 0.858.